The molecule has 1 aliphatic rings. The molecule has 0 bridgehead atoms. The van der Waals surface area contributed by atoms with Gasteiger partial charge in [0.2, 0.25) is 0 Å². The second-order valence-electron chi connectivity index (χ2n) is 5.43. The topological polar surface area (TPSA) is 17.8 Å². The van der Waals surface area contributed by atoms with Crippen molar-refractivity contribution in [2.45, 2.75) is 69.7 Å². The van der Waals surface area contributed by atoms with Crippen LogP contribution in [0, 0.1) is 0 Å². The highest BCUT2D eigenvalue weighted by Gasteiger charge is 2.21. The molecular formula is C14H23BrN2. The average Bonchev–Trinajstić information content (AvgIpc) is 2.56. The van der Waals surface area contributed by atoms with Crippen LogP contribution in [0.4, 0.5) is 0 Å². The van der Waals surface area contributed by atoms with Crippen LogP contribution in [0.1, 0.15) is 75.6 Å². The Morgan fingerprint density at radius 2 is 1.94 bits per heavy atom. The first-order valence-electron chi connectivity index (χ1n) is 6.86. The predicted molar refractivity (Wildman–Crippen MR) is 75.7 cm³/mol. The van der Waals surface area contributed by atoms with Crippen molar-refractivity contribution in [3.05, 3.63) is 17.5 Å². The van der Waals surface area contributed by atoms with Gasteiger partial charge in [-0.25, -0.2) is 0 Å². The summed E-state index contributed by atoms with van der Waals surface area (Å²) in [7, 11) is 0. The Kier molecular flexibility index (Phi) is 4.66. The molecule has 96 valence electrons. The molecule has 0 N–H and O–H groups in total. The first-order chi connectivity index (χ1) is 8.24. The molecule has 1 fully saturated rings. The van der Waals surface area contributed by atoms with Crippen molar-refractivity contribution in [2.24, 2.45) is 0 Å². The van der Waals surface area contributed by atoms with E-state index >= 15 is 0 Å². The molecule has 1 aromatic heterocycles. The van der Waals surface area contributed by atoms with Crippen LogP contribution in [0.5, 0.6) is 0 Å². The second kappa shape index (κ2) is 6.03. The SMILES string of the molecule is CC(C)c1c(CBr)cnn1C1CCCCCC1. The van der Waals surface area contributed by atoms with Crippen LogP contribution in [-0.4, -0.2) is 9.78 Å². The van der Waals surface area contributed by atoms with E-state index in [1.54, 1.807) is 0 Å². The maximum absolute atomic E-state index is 4.66. The lowest BCUT2D eigenvalue weighted by Crippen LogP contribution is -2.14. The number of halogens is 1. The lowest BCUT2D eigenvalue weighted by Gasteiger charge is -2.20. The van der Waals surface area contributed by atoms with Crippen molar-refractivity contribution in [3.8, 4) is 0 Å². The van der Waals surface area contributed by atoms with Crippen molar-refractivity contribution in [3.63, 3.8) is 0 Å². The van der Waals surface area contributed by atoms with Crippen molar-refractivity contribution in [1.82, 2.24) is 9.78 Å². The second-order valence-corrected chi connectivity index (χ2v) is 5.99. The highest BCUT2D eigenvalue weighted by atomic mass is 79.9. The number of aromatic nitrogens is 2. The molecule has 2 nitrogen and oxygen atoms in total. The highest BCUT2D eigenvalue weighted by Crippen LogP contribution is 2.31. The van der Waals surface area contributed by atoms with Crippen LogP contribution in [0.25, 0.3) is 0 Å². The molecular weight excluding hydrogens is 276 g/mol. The Hall–Kier alpha value is -0.310. The molecule has 1 saturated carbocycles. The van der Waals surface area contributed by atoms with Gasteiger partial charge in [-0.3, -0.25) is 4.68 Å². The molecule has 1 aromatic rings. The van der Waals surface area contributed by atoms with Crippen LogP contribution in [0.15, 0.2) is 6.20 Å². The summed E-state index contributed by atoms with van der Waals surface area (Å²) < 4.78 is 2.33. The van der Waals surface area contributed by atoms with Gasteiger partial charge in [0, 0.05) is 16.6 Å². The highest BCUT2D eigenvalue weighted by molar-refractivity contribution is 9.08. The third-order valence-electron chi connectivity index (χ3n) is 3.78. The van der Waals surface area contributed by atoms with Gasteiger partial charge in [-0.1, -0.05) is 55.5 Å². The molecule has 0 radical (unpaired) electrons. The predicted octanol–water partition coefficient (Wildman–Crippen LogP) is 4.80. The van der Waals surface area contributed by atoms with Crippen molar-refractivity contribution < 1.29 is 0 Å². The zero-order chi connectivity index (χ0) is 12.3. The van der Waals surface area contributed by atoms with Crippen molar-refractivity contribution >= 4 is 15.9 Å². The molecule has 0 amide bonds. The summed E-state index contributed by atoms with van der Waals surface area (Å²) in [5, 5.41) is 5.58. The molecule has 0 aliphatic heterocycles. The molecule has 1 aliphatic carbocycles. The number of hydrogen-bond acceptors (Lipinski definition) is 1. The Labute approximate surface area is 113 Å². The van der Waals surface area contributed by atoms with Gasteiger partial charge in [-0.05, 0) is 18.8 Å². The first-order valence-corrected chi connectivity index (χ1v) is 7.98. The fourth-order valence-electron chi connectivity index (χ4n) is 2.94. The van der Waals surface area contributed by atoms with Crippen LogP contribution < -0.4 is 0 Å². The Morgan fingerprint density at radius 1 is 1.29 bits per heavy atom. The van der Waals surface area contributed by atoms with Crippen LogP contribution in [0.3, 0.4) is 0 Å². The van der Waals surface area contributed by atoms with Crippen molar-refractivity contribution in [1.29, 1.82) is 0 Å². The van der Waals surface area contributed by atoms with Gasteiger partial charge in [-0.2, -0.15) is 5.10 Å². The molecule has 0 saturated heterocycles. The standard InChI is InChI=1S/C14H23BrN2/c1-11(2)14-12(9-15)10-16-17(14)13-7-5-3-4-6-8-13/h10-11,13H,3-9H2,1-2H3. The third kappa shape index (κ3) is 2.93. The van der Waals surface area contributed by atoms with E-state index in [9.17, 15) is 0 Å². The molecule has 2 rings (SSSR count). The molecule has 0 spiro atoms. The number of rotatable bonds is 3. The zero-order valence-corrected chi connectivity index (χ0v) is 12.5. The number of nitrogens with zero attached hydrogens (tertiary/aromatic N) is 2. The molecule has 17 heavy (non-hydrogen) atoms. The van der Waals surface area contributed by atoms with E-state index in [1.807, 2.05) is 0 Å². The van der Waals surface area contributed by atoms with Gasteiger partial charge in [0.25, 0.3) is 0 Å². The van der Waals surface area contributed by atoms with E-state index < -0.39 is 0 Å². The third-order valence-corrected chi connectivity index (χ3v) is 4.38. The molecule has 0 unspecified atom stereocenters. The van der Waals surface area contributed by atoms with E-state index in [1.165, 1.54) is 49.8 Å². The largest absolute Gasteiger partial charge is 0.266 e. The first kappa shape index (κ1) is 13.1. The van der Waals surface area contributed by atoms with Gasteiger partial charge in [0.05, 0.1) is 12.2 Å². The number of hydrogen-bond donors (Lipinski definition) is 0. The average molecular weight is 299 g/mol. The van der Waals surface area contributed by atoms with Gasteiger partial charge in [0.1, 0.15) is 0 Å². The van der Waals surface area contributed by atoms with Gasteiger partial charge in [0.15, 0.2) is 0 Å². The Bertz CT molecular complexity index is 349. The molecule has 3 heteroatoms. The minimum Gasteiger partial charge on any atom is -0.266 e. The smallest absolute Gasteiger partial charge is 0.0533 e. The minimum atomic E-state index is 0.563. The maximum Gasteiger partial charge on any atom is 0.0533 e. The van der Waals surface area contributed by atoms with Crippen LogP contribution in [0.2, 0.25) is 0 Å². The van der Waals surface area contributed by atoms with E-state index in [0.717, 1.165) is 5.33 Å². The lowest BCUT2D eigenvalue weighted by atomic mass is 10.0. The quantitative estimate of drug-likeness (QED) is 0.579. The fraction of sp³-hybridized carbons (Fsp3) is 0.786. The molecule has 1 heterocycles. The van der Waals surface area contributed by atoms with Crippen LogP contribution >= 0.6 is 15.9 Å². The lowest BCUT2D eigenvalue weighted by molar-refractivity contribution is 0.388. The molecule has 0 aromatic carbocycles. The van der Waals surface area contributed by atoms with E-state index in [0.29, 0.717) is 12.0 Å². The van der Waals surface area contributed by atoms with Gasteiger partial charge in [-0.15, -0.1) is 0 Å². The Morgan fingerprint density at radius 3 is 2.47 bits per heavy atom. The van der Waals surface area contributed by atoms with Gasteiger partial charge >= 0.3 is 0 Å². The summed E-state index contributed by atoms with van der Waals surface area (Å²) in [6.45, 7) is 4.55. The summed E-state index contributed by atoms with van der Waals surface area (Å²) >= 11 is 3.58. The maximum atomic E-state index is 4.66. The summed E-state index contributed by atoms with van der Waals surface area (Å²) in [6.07, 6.45) is 10.2. The monoisotopic (exact) mass is 298 g/mol. The summed E-state index contributed by atoms with van der Waals surface area (Å²) in [4.78, 5) is 0. The summed E-state index contributed by atoms with van der Waals surface area (Å²) in [5.74, 6) is 0.563. The van der Waals surface area contributed by atoms with Gasteiger partial charge < -0.3 is 0 Å². The summed E-state index contributed by atoms with van der Waals surface area (Å²) in [5.41, 5.74) is 2.80. The summed E-state index contributed by atoms with van der Waals surface area (Å²) in [6, 6.07) is 0.641. The van der Waals surface area contributed by atoms with E-state index in [2.05, 4.69) is 45.8 Å². The van der Waals surface area contributed by atoms with E-state index in [-0.39, 0.29) is 0 Å². The normalized spacial score (nSPS) is 18.6. The van der Waals surface area contributed by atoms with Crippen molar-refractivity contribution in [2.75, 3.05) is 0 Å². The van der Waals surface area contributed by atoms with Crippen LogP contribution in [-0.2, 0) is 5.33 Å². The Balaban J connectivity index is 2.26. The van der Waals surface area contributed by atoms with E-state index in [4.69, 9.17) is 0 Å². The number of alkyl halides is 1. The molecule has 0 atom stereocenters. The fourth-order valence-corrected chi connectivity index (χ4v) is 3.37. The minimum absolute atomic E-state index is 0.563. The zero-order valence-electron chi connectivity index (χ0n) is 11.0.